The van der Waals surface area contributed by atoms with Gasteiger partial charge >= 0.3 is 0 Å². The molecule has 0 bridgehead atoms. The molecule has 0 amide bonds. The molecule has 1 aliphatic rings. The number of hydrogen-bond donors (Lipinski definition) is 1. The Hall–Kier alpha value is -1.32. The molecule has 0 atom stereocenters. The maximum atomic E-state index is 6.09. The Morgan fingerprint density at radius 1 is 1.32 bits per heavy atom. The van der Waals surface area contributed by atoms with Crippen LogP contribution in [0.3, 0.4) is 0 Å². The Balaban J connectivity index is 2.03. The molecule has 3 rings (SSSR count). The van der Waals surface area contributed by atoms with Gasteiger partial charge in [0.05, 0.1) is 18.2 Å². The van der Waals surface area contributed by atoms with Crippen molar-refractivity contribution in [3.05, 3.63) is 41.8 Å². The summed E-state index contributed by atoms with van der Waals surface area (Å²) in [6, 6.07) is 7.97. The average molecular weight is 276 g/mol. The maximum Gasteiger partial charge on any atom is 0.0956 e. The summed E-state index contributed by atoms with van der Waals surface area (Å²) in [5.41, 5.74) is 2.41. The van der Waals surface area contributed by atoms with Crippen molar-refractivity contribution in [1.82, 2.24) is 14.9 Å². The molecule has 3 nitrogen and oxygen atoms in total. The summed E-state index contributed by atoms with van der Waals surface area (Å²) in [5, 5.41) is 4.18. The van der Waals surface area contributed by atoms with E-state index in [1.54, 1.807) is 0 Å². The number of rotatable bonds is 2. The molecule has 0 saturated carbocycles. The second-order valence-corrected chi connectivity index (χ2v) is 5.84. The highest BCUT2D eigenvalue weighted by atomic mass is 35.5. The molecule has 2 heterocycles. The summed E-state index contributed by atoms with van der Waals surface area (Å²) in [7, 11) is 0. The van der Waals surface area contributed by atoms with Crippen molar-refractivity contribution < 1.29 is 0 Å². The first kappa shape index (κ1) is 12.7. The molecular weight excluding hydrogens is 258 g/mol. The molecule has 1 aromatic carbocycles. The van der Waals surface area contributed by atoms with Crippen LogP contribution in [0.1, 0.15) is 19.8 Å². The van der Waals surface area contributed by atoms with Gasteiger partial charge in [0.2, 0.25) is 0 Å². The Morgan fingerprint density at radius 3 is 2.84 bits per heavy atom. The molecule has 0 spiro atoms. The number of benzene rings is 1. The van der Waals surface area contributed by atoms with Crippen LogP contribution >= 0.6 is 11.6 Å². The Kier molecular flexibility index (Phi) is 3.33. The van der Waals surface area contributed by atoms with Crippen LogP contribution in [0.2, 0.25) is 5.02 Å². The lowest BCUT2D eigenvalue weighted by Gasteiger charge is -2.36. The van der Waals surface area contributed by atoms with Gasteiger partial charge < -0.3 is 9.88 Å². The van der Waals surface area contributed by atoms with Gasteiger partial charge in [-0.15, -0.1) is 0 Å². The average Bonchev–Trinajstić information content (AvgIpc) is 2.89. The maximum absolute atomic E-state index is 6.09. The van der Waals surface area contributed by atoms with Gasteiger partial charge in [0.25, 0.3) is 0 Å². The predicted molar refractivity (Wildman–Crippen MR) is 78.4 cm³/mol. The van der Waals surface area contributed by atoms with Crippen molar-refractivity contribution in [3.8, 4) is 11.3 Å². The van der Waals surface area contributed by atoms with Crippen LogP contribution in [0.25, 0.3) is 11.3 Å². The van der Waals surface area contributed by atoms with E-state index in [2.05, 4.69) is 27.9 Å². The smallest absolute Gasteiger partial charge is 0.0956 e. The third kappa shape index (κ3) is 2.40. The summed E-state index contributed by atoms with van der Waals surface area (Å²) in [6.45, 7) is 4.43. The molecule has 0 aliphatic carbocycles. The van der Waals surface area contributed by atoms with Gasteiger partial charge in [-0.1, -0.05) is 23.7 Å². The van der Waals surface area contributed by atoms with Crippen molar-refractivity contribution >= 4 is 11.6 Å². The quantitative estimate of drug-likeness (QED) is 0.911. The van der Waals surface area contributed by atoms with E-state index >= 15 is 0 Å². The zero-order chi connectivity index (χ0) is 13.3. The number of aromatic nitrogens is 2. The Bertz CT molecular complexity index is 570. The minimum Gasteiger partial charge on any atom is -0.325 e. The van der Waals surface area contributed by atoms with Crippen LogP contribution in [-0.2, 0) is 5.54 Å². The zero-order valence-corrected chi connectivity index (χ0v) is 11.8. The molecule has 1 aromatic heterocycles. The van der Waals surface area contributed by atoms with Crippen molar-refractivity contribution in [3.63, 3.8) is 0 Å². The van der Waals surface area contributed by atoms with E-state index in [0.29, 0.717) is 0 Å². The van der Waals surface area contributed by atoms with Gasteiger partial charge in [-0.25, -0.2) is 4.98 Å². The van der Waals surface area contributed by atoms with Crippen LogP contribution in [0.15, 0.2) is 36.8 Å². The van der Waals surface area contributed by atoms with Crippen LogP contribution in [-0.4, -0.2) is 22.6 Å². The Morgan fingerprint density at radius 2 is 2.11 bits per heavy atom. The molecular formula is C15H18ClN3. The largest absolute Gasteiger partial charge is 0.325 e. The van der Waals surface area contributed by atoms with E-state index in [1.807, 2.05) is 30.7 Å². The lowest BCUT2D eigenvalue weighted by molar-refractivity contribution is 0.233. The SMILES string of the molecule is CC1(n2cncc2-c2cccc(Cl)c2)CCNCC1. The fraction of sp³-hybridized carbons (Fsp3) is 0.400. The molecule has 19 heavy (non-hydrogen) atoms. The molecule has 2 aromatic rings. The molecule has 0 unspecified atom stereocenters. The summed E-state index contributed by atoms with van der Waals surface area (Å²) >= 11 is 6.09. The van der Waals surface area contributed by atoms with Crippen LogP contribution in [0.5, 0.6) is 0 Å². The number of hydrogen-bond acceptors (Lipinski definition) is 2. The summed E-state index contributed by atoms with van der Waals surface area (Å²) in [4.78, 5) is 4.35. The minimum absolute atomic E-state index is 0.138. The highest BCUT2D eigenvalue weighted by Gasteiger charge is 2.30. The number of nitrogens with zero attached hydrogens (tertiary/aromatic N) is 2. The monoisotopic (exact) mass is 275 g/mol. The first-order chi connectivity index (χ1) is 9.19. The molecule has 4 heteroatoms. The van der Waals surface area contributed by atoms with Gasteiger partial charge in [0, 0.05) is 16.1 Å². The van der Waals surface area contributed by atoms with E-state index in [0.717, 1.165) is 42.2 Å². The van der Waals surface area contributed by atoms with E-state index < -0.39 is 0 Å². The number of nitrogens with one attached hydrogen (secondary N) is 1. The van der Waals surface area contributed by atoms with Crippen molar-refractivity contribution in [2.24, 2.45) is 0 Å². The summed E-state index contributed by atoms with van der Waals surface area (Å²) < 4.78 is 2.31. The summed E-state index contributed by atoms with van der Waals surface area (Å²) in [5.74, 6) is 0. The number of imidazole rings is 1. The van der Waals surface area contributed by atoms with Crippen molar-refractivity contribution in [1.29, 1.82) is 0 Å². The molecule has 1 fully saturated rings. The molecule has 0 radical (unpaired) electrons. The Labute approximate surface area is 118 Å². The van der Waals surface area contributed by atoms with Gasteiger partial charge in [-0.05, 0) is 45.0 Å². The van der Waals surface area contributed by atoms with Crippen LogP contribution < -0.4 is 5.32 Å². The van der Waals surface area contributed by atoms with Crippen molar-refractivity contribution in [2.45, 2.75) is 25.3 Å². The van der Waals surface area contributed by atoms with E-state index in [1.165, 1.54) is 0 Å². The number of halogens is 1. The van der Waals surface area contributed by atoms with Gasteiger partial charge in [-0.3, -0.25) is 0 Å². The van der Waals surface area contributed by atoms with E-state index in [4.69, 9.17) is 11.6 Å². The van der Waals surface area contributed by atoms with E-state index in [9.17, 15) is 0 Å². The van der Waals surface area contributed by atoms with Gasteiger partial charge in [0.15, 0.2) is 0 Å². The standard InChI is InChI=1S/C15H18ClN3/c1-15(5-7-17-8-6-15)19-11-18-10-14(19)12-3-2-4-13(16)9-12/h2-4,9-11,17H,5-8H2,1H3. The highest BCUT2D eigenvalue weighted by molar-refractivity contribution is 6.30. The molecule has 100 valence electrons. The third-order valence-corrected chi connectivity index (χ3v) is 4.26. The highest BCUT2D eigenvalue weighted by Crippen LogP contribution is 2.32. The molecule has 1 aliphatic heterocycles. The number of piperidine rings is 1. The van der Waals surface area contributed by atoms with Crippen LogP contribution in [0, 0.1) is 0 Å². The van der Waals surface area contributed by atoms with Crippen molar-refractivity contribution in [2.75, 3.05) is 13.1 Å². The van der Waals surface area contributed by atoms with Crippen LogP contribution in [0.4, 0.5) is 0 Å². The fourth-order valence-electron chi connectivity index (χ4n) is 2.79. The topological polar surface area (TPSA) is 29.9 Å². The lowest BCUT2D eigenvalue weighted by Crippen LogP contribution is -2.41. The summed E-state index contributed by atoms with van der Waals surface area (Å²) in [6.07, 6.45) is 6.12. The first-order valence-electron chi connectivity index (χ1n) is 6.69. The molecule has 1 N–H and O–H groups in total. The molecule has 1 saturated heterocycles. The first-order valence-corrected chi connectivity index (χ1v) is 7.06. The van der Waals surface area contributed by atoms with E-state index in [-0.39, 0.29) is 5.54 Å². The zero-order valence-electron chi connectivity index (χ0n) is 11.1. The fourth-order valence-corrected chi connectivity index (χ4v) is 2.98. The lowest BCUT2D eigenvalue weighted by atomic mass is 9.89. The minimum atomic E-state index is 0.138. The third-order valence-electron chi connectivity index (χ3n) is 4.02. The normalized spacial score (nSPS) is 18.4. The predicted octanol–water partition coefficient (Wildman–Crippen LogP) is 3.30. The van der Waals surface area contributed by atoms with Gasteiger partial charge in [-0.2, -0.15) is 0 Å². The second-order valence-electron chi connectivity index (χ2n) is 5.41. The second kappa shape index (κ2) is 4.99. The van der Waals surface area contributed by atoms with Gasteiger partial charge in [0.1, 0.15) is 0 Å².